The Morgan fingerprint density at radius 3 is 2.37 bits per heavy atom. The van der Waals surface area contributed by atoms with E-state index in [1.807, 2.05) is 6.92 Å². The first kappa shape index (κ1) is 21.5. The van der Waals surface area contributed by atoms with Crippen LogP contribution in [0.3, 0.4) is 0 Å². The van der Waals surface area contributed by atoms with E-state index in [0.717, 1.165) is 22.2 Å². The van der Waals surface area contributed by atoms with Gasteiger partial charge in [0.1, 0.15) is 11.9 Å². The molecule has 1 N–H and O–H groups in total. The van der Waals surface area contributed by atoms with Gasteiger partial charge in [0.05, 0.1) is 17.0 Å². The first-order valence-electron chi connectivity index (χ1n) is 8.06. The number of hydrogen-bond donors (Lipinski definition) is 1. The van der Waals surface area contributed by atoms with Crippen molar-refractivity contribution in [3.63, 3.8) is 0 Å². The number of sulfonamides is 1. The van der Waals surface area contributed by atoms with Crippen molar-refractivity contribution >= 4 is 50.5 Å². The Morgan fingerprint density at radius 1 is 1.19 bits per heavy atom. The van der Waals surface area contributed by atoms with Gasteiger partial charge in [0.15, 0.2) is 0 Å². The lowest BCUT2D eigenvalue weighted by molar-refractivity contribution is -0.117. The second-order valence-corrected chi connectivity index (χ2v) is 8.71. The van der Waals surface area contributed by atoms with Crippen LogP contribution in [0, 0.1) is 12.7 Å². The van der Waals surface area contributed by atoms with Crippen molar-refractivity contribution in [1.82, 2.24) is 0 Å². The highest BCUT2D eigenvalue weighted by Gasteiger charge is 2.32. The first-order chi connectivity index (χ1) is 12.5. The van der Waals surface area contributed by atoms with Gasteiger partial charge in [0.25, 0.3) is 0 Å². The van der Waals surface area contributed by atoms with E-state index in [1.54, 1.807) is 25.1 Å². The fourth-order valence-electron chi connectivity index (χ4n) is 2.58. The van der Waals surface area contributed by atoms with Crippen LogP contribution < -0.4 is 9.62 Å². The Labute approximate surface area is 168 Å². The SMILES string of the molecule is CCC(C(=O)Nc1ccc(C)c(Cl)c1)N(c1ccc(F)c(Cl)c1)S(C)(=O)=O. The molecule has 0 spiro atoms. The fraction of sp³-hybridized carbons (Fsp3) is 0.278. The second kappa shape index (κ2) is 8.46. The van der Waals surface area contributed by atoms with E-state index in [9.17, 15) is 17.6 Å². The molecule has 27 heavy (non-hydrogen) atoms. The van der Waals surface area contributed by atoms with E-state index in [0.29, 0.717) is 10.7 Å². The number of halogens is 3. The van der Waals surface area contributed by atoms with Crippen LogP contribution in [0.4, 0.5) is 15.8 Å². The predicted molar refractivity (Wildman–Crippen MR) is 108 cm³/mol. The molecular formula is C18H19Cl2FN2O3S. The molecule has 0 bridgehead atoms. The molecule has 1 atom stereocenters. The van der Waals surface area contributed by atoms with Crippen LogP contribution in [0.1, 0.15) is 18.9 Å². The Kier molecular flexibility index (Phi) is 6.72. The van der Waals surface area contributed by atoms with Crippen molar-refractivity contribution in [2.75, 3.05) is 15.9 Å². The summed E-state index contributed by atoms with van der Waals surface area (Å²) in [5, 5.41) is 2.92. The number of nitrogens with one attached hydrogen (secondary N) is 1. The van der Waals surface area contributed by atoms with E-state index in [1.165, 1.54) is 12.1 Å². The zero-order valence-electron chi connectivity index (χ0n) is 15.0. The van der Waals surface area contributed by atoms with Crippen molar-refractivity contribution in [3.05, 3.63) is 57.8 Å². The van der Waals surface area contributed by atoms with Crippen LogP contribution in [-0.2, 0) is 14.8 Å². The van der Waals surface area contributed by atoms with Crippen LogP contribution in [0.25, 0.3) is 0 Å². The maximum absolute atomic E-state index is 13.5. The molecule has 2 aromatic carbocycles. The monoisotopic (exact) mass is 432 g/mol. The fourth-order valence-corrected chi connectivity index (χ4v) is 4.14. The smallest absolute Gasteiger partial charge is 0.248 e. The average molecular weight is 433 g/mol. The van der Waals surface area contributed by atoms with Gasteiger partial charge in [0.2, 0.25) is 15.9 Å². The minimum absolute atomic E-state index is 0.104. The number of benzene rings is 2. The summed E-state index contributed by atoms with van der Waals surface area (Å²) in [6, 6.07) is 7.44. The molecule has 0 saturated heterocycles. The zero-order chi connectivity index (χ0) is 20.4. The summed E-state index contributed by atoms with van der Waals surface area (Å²) in [5.74, 6) is -1.22. The lowest BCUT2D eigenvalue weighted by Crippen LogP contribution is -2.47. The number of carbonyl (C=O) groups is 1. The maximum atomic E-state index is 13.5. The molecule has 0 saturated carbocycles. The molecule has 0 aliphatic carbocycles. The lowest BCUT2D eigenvalue weighted by atomic mass is 10.1. The van der Waals surface area contributed by atoms with Gasteiger partial charge in [-0.15, -0.1) is 0 Å². The third-order valence-electron chi connectivity index (χ3n) is 3.93. The number of hydrogen-bond acceptors (Lipinski definition) is 3. The van der Waals surface area contributed by atoms with Crippen LogP contribution in [-0.4, -0.2) is 26.6 Å². The molecular weight excluding hydrogens is 414 g/mol. The average Bonchev–Trinajstić information content (AvgIpc) is 2.57. The van der Waals surface area contributed by atoms with Gasteiger partial charge < -0.3 is 5.32 Å². The molecule has 2 aromatic rings. The molecule has 0 aliphatic heterocycles. The lowest BCUT2D eigenvalue weighted by Gasteiger charge is -2.30. The maximum Gasteiger partial charge on any atom is 0.248 e. The normalized spacial score (nSPS) is 12.5. The van der Waals surface area contributed by atoms with Gasteiger partial charge in [-0.25, -0.2) is 12.8 Å². The Morgan fingerprint density at radius 2 is 1.85 bits per heavy atom. The van der Waals surface area contributed by atoms with E-state index in [2.05, 4.69) is 5.32 Å². The number of anilines is 2. The molecule has 0 fully saturated rings. The summed E-state index contributed by atoms with van der Waals surface area (Å²) >= 11 is 11.9. The minimum atomic E-state index is -3.85. The number of carbonyl (C=O) groups excluding carboxylic acids is 1. The van der Waals surface area contributed by atoms with Gasteiger partial charge in [-0.2, -0.15) is 0 Å². The molecule has 9 heteroatoms. The zero-order valence-corrected chi connectivity index (χ0v) is 17.3. The summed E-state index contributed by atoms with van der Waals surface area (Å²) in [6.07, 6.45) is 1.16. The molecule has 5 nitrogen and oxygen atoms in total. The highest BCUT2D eigenvalue weighted by molar-refractivity contribution is 7.92. The van der Waals surface area contributed by atoms with E-state index in [-0.39, 0.29) is 17.1 Å². The van der Waals surface area contributed by atoms with Gasteiger partial charge in [-0.05, 0) is 49.2 Å². The summed E-state index contributed by atoms with van der Waals surface area (Å²) in [4.78, 5) is 12.8. The first-order valence-corrected chi connectivity index (χ1v) is 10.7. The van der Waals surface area contributed by atoms with E-state index >= 15 is 0 Å². The largest absolute Gasteiger partial charge is 0.324 e. The quantitative estimate of drug-likeness (QED) is 0.723. The summed E-state index contributed by atoms with van der Waals surface area (Å²) in [6.45, 7) is 3.50. The number of amides is 1. The standard InChI is InChI=1S/C18H19Cl2FN2O3S/c1-4-17(18(24)22-12-6-5-11(2)14(19)9-12)23(27(3,25)26)13-7-8-16(21)15(20)10-13/h5-10,17H,4H2,1-3H3,(H,22,24). The van der Waals surface area contributed by atoms with Crippen LogP contribution in [0.15, 0.2) is 36.4 Å². The number of aryl methyl sites for hydroxylation is 1. The van der Waals surface area contributed by atoms with Gasteiger partial charge in [-0.1, -0.05) is 36.2 Å². The summed E-state index contributed by atoms with van der Waals surface area (Å²) in [5.41, 5.74) is 1.40. The topological polar surface area (TPSA) is 66.5 Å². The van der Waals surface area contributed by atoms with E-state index < -0.39 is 27.8 Å². The Balaban J connectivity index is 2.40. The minimum Gasteiger partial charge on any atom is -0.324 e. The molecule has 1 amide bonds. The summed E-state index contributed by atoms with van der Waals surface area (Å²) in [7, 11) is -3.85. The highest BCUT2D eigenvalue weighted by atomic mass is 35.5. The van der Waals surface area contributed by atoms with Crippen molar-refractivity contribution < 1.29 is 17.6 Å². The molecule has 1 unspecified atom stereocenters. The van der Waals surface area contributed by atoms with Crippen molar-refractivity contribution in [2.45, 2.75) is 26.3 Å². The second-order valence-electron chi connectivity index (χ2n) is 6.03. The molecule has 0 aliphatic rings. The van der Waals surface area contributed by atoms with Gasteiger partial charge in [0, 0.05) is 10.7 Å². The predicted octanol–water partition coefficient (Wildman–Crippen LogP) is 4.62. The molecule has 0 radical (unpaired) electrons. The van der Waals surface area contributed by atoms with Crippen molar-refractivity contribution in [3.8, 4) is 0 Å². The number of nitrogens with zero attached hydrogens (tertiary/aromatic N) is 1. The van der Waals surface area contributed by atoms with Crippen molar-refractivity contribution in [1.29, 1.82) is 0 Å². The van der Waals surface area contributed by atoms with Crippen LogP contribution in [0.5, 0.6) is 0 Å². The van der Waals surface area contributed by atoms with Gasteiger partial charge >= 0.3 is 0 Å². The summed E-state index contributed by atoms with van der Waals surface area (Å²) < 4.78 is 39.1. The van der Waals surface area contributed by atoms with Crippen LogP contribution >= 0.6 is 23.2 Å². The third kappa shape index (κ3) is 5.12. The molecule has 2 rings (SSSR count). The van der Waals surface area contributed by atoms with Gasteiger partial charge in [-0.3, -0.25) is 9.10 Å². The molecule has 0 aromatic heterocycles. The Hall–Kier alpha value is -1.83. The van der Waals surface area contributed by atoms with Crippen LogP contribution in [0.2, 0.25) is 10.0 Å². The van der Waals surface area contributed by atoms with E-state index in [4.69, 9.17) is 23.2 Å². The Bertz CT molecular complexity index is 967. The van der Waals surface area contributed by atoms with Crippen molar-refractivity contribution in [2.24, 2.45) is 0 Å². The highest BCUT2D eigenvalue weighted by Crippen LogP contribution is 2.28. The molecule has 146 valence electrons. The molecule has 0 heterocycles. The number of rotatable bonds is 6. The third-order valence-corrected chi connectivity index (χ3v) is 5.80.